The molecular formula is C20H32N4O2S. The van der Waals surface area contributed by atoms with Crippen LogP contribution in [0.1, 0.15) is 24.8 Å². The number of hydrogen-bond acceptors (Lipinski definition) is 3. The number of guanidine groups is 1. The molecule has 2 fully saturated rings. The minimum atomic E-state index is -3.05. The molecule has 2 aliphatic rings. The van der Waals surface area contributed by atoms with Crippen LogP contribution in [0.15, 0.2) is 35.3 Å². The number of nitrogens with one attached hydrogen (secondary N) is 1. The molecule has 6 nitrogen and oxygen atoms in total. The van der Waals surface area contributed by atoms with Crippen molar-refractivity contribution in [1.82, 2.24) is 14.5 Å². The van der Waals surface area contributed by atoms with Gasteiger partial charge in [-0.3, -0.25) is 4.99 Å². The van der Waals surface area contributed by atoms with Gasteiger partial charge in [0, 0.05) is 39.8 Å². The van der Waals surface area contributed by atoms with E-state index in [9.17, 15) is 8.42 Å². The van der Waals surface area contributed by atoms with Gasteiger partial charge in [-0.25, -0.2) is 12.7 Å². The topological polar surface area (TPSA) is 65.0 Å². The molecule has 0 aromatic heterocycles. The molecule has 0 bridgehead atoms. The summed E-state index contributed by atoms with van der Waals surface area (Å²) in [5, 5.41) is 3.53. The third-order valence-electron chi connectivity index (χ3n) is 5.76. The number of rotatable bonds is 5. The van der Waals surface area contributed by atoms with Crippen molar-refractivity contribution in [3.63, 3.8) is 0 Å². The zero-order chi connectivity index (χ0) is 19.3. The fraction of sp³-hybridized carbons (Fsp3) is 0.650. The Bertz CT molecular complexity index is 728. The zero-order valence-corrected chi connectivity index (χ0v) is 17.3. The highest BCUT2D eigenvalue weighted by atomic mass is 32.2. The molecule has 1 atom stereocenters. The summed E-state index contributed by atoms with van der Waals surface area (Å²) in [7, 11) is -1.20. The van der Waals surface area contributed by atoms with Gasteiger partial charge in [0.25, 0.3) is 0 Å². The Labute approximate surface area is 163 Å². The van der Waals surface area contributed by atoms with Gasteiger partial charge in [-0.2, -0.15) is 0 Å². The standard InChI is InChI=1S/C20H32N4O2S/c1-21-20(22-15-18-9-12-24(13-10-18)27(2,25)26)23-11-8-19(16-23)14-17-6-4-3-5-7-17/h3-7,18-19H,8-16H2,1-2H3,(H,21,22). The van der Waals surface area contributed by atoms with Gasteiger partial charge in [-0.15, -0.1) is 0 Å². The first-order valence-corrected chi connectivity index (χ1v) is 11.7. The monoisotopic (exact) mass is 392 g/mol. The number of piperidine rings is 1. The maximum Gasteiger partial charge on any atom is 0.211 e. The lowest BCUT2D eigenvalue weighted by Gasteiger charge is -2.31. The Kier molecular flexibility index (Phi) is 6.76. The molecule has 27 heavy (non-hydrogen) atoms. The molecule has 1 N–H and O–H groups in total. The molecule has 2 aliphatic heterocycles. The van der Waals surface area contributed by atoms with E-state index in [1.807, 2.05) is 7.05 Å². The largest absolute Gasteiger partial charge is 0.356 e. The minimum absolute atomic E-state index is 0.502. The van der Waals surface area contributed by atoms with E-state index in [1.54, 1.807) is 4.31 Å². The molecule has 0 amide bonds. The van der Waals surface area contributed by atoms with E-state index in [0.717, 1.165) is 44.9 Å². The van der Waals surface area contributed by atoms with Crippen molar-refractivity contribution in [1.29, 1.82) is 0 Å². The molecule has 0 spiro atoms. The molecule has 0 radical (unpaired) electrons. The highest BCUT2D eigenvalue weighted by molar-refractivity contribution is 7.88. The molecule has 1 unspecified atom stereocenters. The van der Waals surface area contributed by atoms with Gasteiger partial charge in [0.2, 0.25) is 10.0 Å². The summed E-state index contributed by atoms with van der Waals surface area (Å²) < 4.78 is 24.8. The van der Waals surface area contributed by atoms with Gasteiger partial charge in [0.05, 0.1) is 6.26 Å². The average Bonchev–Trinajstić information content (AvgIpc) is 3.11. The maximum absolute atomic E-state index is 11.6. The molecule has 2 saturated heterocycles. The lowest BCUT2D eigenvalue weighted by atomic mass is 9.98. The van der Waals surface area contributed by atoms with Gasteiger partial charge < -0.3 is 10.2 Å². The minimum Gasteiger partial charge on any atom is -0.356 e. The summed E-state index contributed by atoms with van der Waals surface area (Å²) in [6.07, 6.45) is 5.44. The summed E-state index contributed by atoms with van der Waals surface area (Å²) in [5.74, 6) is 2.16. The van der Waals surface area contributed by atoms with Gasteiger partial charge in [0.15, 0.2) is 5.96 Å². The van der Waals surface area contributed by atoms with Crippen LogP contribution in [0, 0.1) is 11.8 Å². The first-order valence-electron chi connectivity index (χ1n) is 9.90. The van der Waals surface area contributed by atoms with Crippen molar-refractivity contribution in [3.8, 4) is 0 Å². The molecule has 150 valence electrons. The van der Waals surface area contributed by atoms with Crippen molar-refractivity contribution >= 4 is 16.0 Å². The number of benzene rings is 1. The molecule has 0 aliphatic carbocycles. The summed E-state index contributed by atoms with van der Waals surface area (Å²) in [5.41, 5.74) is 1.41. The molecule has 3 rings (SSSR count). The van der Waals surface area contributed by atoms with Gasteiger partial charge in [0.1, 0.15) is 0 Å². The fourth-order valence-electron chi connectivity index (χ4n) is 4.15. The Morgan fingerprint density at radius 3 is 2.41 bits per heavy atom. The van der Waals surface area contributed by atoms with Gasteiger partial charge in [-0.05, 0) is 43.1 Å². The van der Waals surface area contributed by atoms with Crippen LogP contribution in [-0.2, 0) is 16.4 Å². The van der Waals surface area contributed by atoms with E-state index in [0.29, 0.717) is 24.9 Å². The normalized spacial score (nSPS) is 23.0. The quantitative estimate of drug-likeness (QED) is 0.613. The van der Waals surface area contributed by atoms with Crippen molar-refractivity contribution in [2.45, 2.75) is 25.7 Å². The zero-order valence-electron chi connectivity index (χ0n) is 16.5. The Hall–Kier alpha value is -1.60. The van der Waals surface area contributed by atoms with Crippen LogP contribution in [0.4, 0.5) is 0 Å². The van der Waals surface area contributed by atoms with Crippen molar-refractivity contribution in [3.05, 3.63) is 35.9 Å². The predicted molar refractivity (Wildman–Crippen MR) is 110 cm³/mol. The van der Waals surface area contributed by atoms with E-state index < -0.39 is 10.0 Å². The molecule has 7 heteroatoms. The average molecular weight is 393 g/mol. The van der Waals surface area contributed by atoms with E-state index in [1.165, 1.54) is 18.2 Å². The van der Waals surface area contributed by atoms with Crippen molar-refractivity contribution < 1.29 is 8.42 Å². The first-order chi connectivity index (χ1) is 13.0. The molecule has 1 aromatic rings. The van der Waals surface area contributed by atoms with Crippen LogP contribution in [0.2, 0.25) is 0 Å². The number of aliphatic imine (C=N–C) groups is 1. The van der Waals surface area contributed by atoms with Crippen LogP contribution in [0.25, 0.3) is 0 Å². The second-order valence-electron chi connectivity index (χ2n) is 7.82. The van der Waals surface area contributed by atoms with Crippen LogP contribution in [0.3, 0.4) is 0 Å². The number of nitrogens with zero attached hydrogens (tertiary/aromatic N) is 3. The summed E-state index contributed by atoms with van der Waals surface area (Å²) in [6, 6.07) is 10.7. The molecule has 2 heterocycles. The molecular weight excluding hydrogens is 360 g/mol. The van der Waals surface area contributed by atoms with Crippen LogP contribution < -0.4 is 5.32 Å². The van der Waals surface area contributed by atoms with Crippen LogP contribution in [-0.4, -0.2) is 69.6 Å². The van der Waals surface area contributed by atoms with Crippen LogP contribution in [0.5, 0.6) is 0 Å². The van der Waals surface area contributed by atoms with E-state index in [4.69, 9.17) is 0 Å². The molecule has 0 saturated carbocycles. The Morgan fingerprint density at radius 1 is 1.11 bits per heavy atom. The molecule has 1 aromatic carbocycles. The van der Waals surface area contributed by atoms with Crippen molar-refractivity contribution in [2.75, 3.05) is 46.0 Å². The summed E-state index contributed by atoms with van der Waals surface area (Å²) in [6.45, 7) is 4.22. The number of sulfonamides is 1. The fourth-order valence-corrected chi connectivity index (χ4v) is 5.03. The third-order valence-corrected chi connectivity index (χ3v) is 7.06. The number of hydrogen-bond donors (Lipinski definition) is 1. The lowest BCUT2D eigenvalue weighted by molar-refractivity contribution is 0.273. The van der Waals surface area contributed by atoms with Gasteiger partial charge in [-0.1, -0.05) is 30.3 Å². The maximum atomic E-state index is 11.6. The SMILES string of the molecule is CN=C(NCC1CCN(S(C)(=O)=O)CC1)N1CCC(Cc2ccccc2)C1. The Morgan fingerprint density at radius 2 is 1.78 bits per heavy atom. The highest BCUT2D eigenvalue weighted by Crippen LogP contribution is 2.22. The predicted octanol–water partition coefficient (Wildman–Crippen LogP) is 1.80. The van der Waals surface area contributed by atoms with E-state index in [-0.39, 0.29) is 0 Å². The van der Waals surface area contributed by atoms with Gasteiger partial charge >= 0.3 is 0 Å². The second kappa shape index (κ2) is 9.06. The number of likely N-dealkylation sites (tertiary alicyclic amines) is 1. The summed E-state index contributed by atoms with van der Waals surface area (Å²) >= 11 is 0. The van der Waals surface area contributed by atoms with Crippen LogP contribution >= 0.6 is 0 Å². The third kappa shape index (κ3) is 5.69. The van der Waals surface area contributed by atoms with Crippen molar-refractivity contribution in [2.24, 2.45) is 16.8 Å². The second-order valence-corrected chi connectivity index (χ2v) is 9.81. The lowest BCUT2D eigenvalue weighted by Crippen LogP contribution is -2.45. The van der Waals surface area contributed by atoms with E-state index >= 15 is 0 Å². The Balaban J connectivity index is 1.43. The first kappa shape index (κ1) is 20.1. The summed E-state index contributed by atoms with van der Waals surface area (Å²) in [4.78, 5) is 6.84. The van der Waals surface area contributed by atoms with E-state index in [2.05, 4.69) is 45.5 Å². The smallest absolute Gasteiger partial charge is 0.211 e. The highest BCUT2D eigenvalue weighted by Gasteiger charge is 2.27.